The molecule has 1 aromatic carbocycles. The molecule has 1 saturated heterocycles. The lowest BCUT2D eigenvalue weighted by Crippen LogP contribution is -2.45. The van der Waals surface area contributed by atoms with Crippen LogP contribution >= 0.6 is 0 Å². The van der Waals surface area contributed by atoms with Gasteiger partial charge in [0.1, 0.15) is 12.0 Å². The third-order valence-corrected chi connectivity index (χ3v) is 3.96. The standard InChI is InChI=1S/C16H23FN2O2/c1-10(2)14(9-21-4)19-15(18-11(3)16(19)20)12-5-7-13(17)8-6-12/h5-8,10-11,14-15,18H,9H2,1-4H3. The maximum Gasteiger partial charge on any atom is 0.241 e. The number of methoxy groups -OCH3 is 1. The Morgan fingerprint density at radius 2 is 1.95 bits per heavy atom. The number of nitrogens with one attached hydrogen (secondary N) is 1. The molecule has 1 heterocycles. The molecule has 1 aromatic rings. The largest absolute Gasteiger partial charge is 0.383 e. The van der Waals surface area contributed by atoms with Crippen LogP contribution < -0.4 is 5.32 Å². The van der Waals surface area contributed by atoms with Crippen molar-refractivity contribution in [1.82, 2.24) is 10.2 Å². The molecule has 3 unspecified atom stereocenters. The Hall–Kier alpha value is -1.46. The highest BCUT2D eigenvalue weighted by Crippen LogP contribution is 2.30. The Bertz CT molecular complexity index is 490. The maximum absolute atomic E-state index is 13.1. The van der Waals surface area contributed by atoms with Crippen LogP contribution in [0.2, 0.25) is 0 Å². The van der Waals surface area contributed by atoms with E-state index in [-0.39, 0.29) is 35.9 Å². The van der Waals surface area contributed by atoms with E-state index in [1.807, 2.05) is 11.8 Å². The molecule has 5 heteroatoms. The molecule has 2 rings (SSSR count). The molecular weight excluding hydrogens is 271 g/mol. The molecule has 0 saturated carbocycles. The van der Waals surface area contributed by atoms with Gasteiger partial charge >= 0.3 is 0 Å². The SMILES string of the molecule is COCC(C(C)C)N1C(=O)C(C)NC1c1ccc(F)cc1. The first-order valence-electron chi connectivity index (χ1n) is 7.28. The van der Waals surface area contributed by atoms with E-state index in [4.69, 9.17) is 4.74 Å². The topological polar surface area (TPSA) is 41.6 Å². The normalized spacial score (nSPS) is 23.9. The molecule has 1 aliphatic rings. The fraction of sp³-hybridized carbons (Fsp3) is 0.562. The minimum Gasteiger partial charge on any atom is -0.383 e. The lowest BCUT2D eigenvalue weighted by molar-refractivity contribution is -0.134. The summed E-state index contributed by atoms with van der Waals surface area (Å²) in [5.41, 5.74) is 0.885. The second kappa shape index (κ2) is 6.54. The number of carbonyl (C=O) groups is 1. The van der Waals surface area contributed by atoms with Crippen molar-refractivity contribution in [3.05, 3.63) is 35.6 Å². The molecule has 4 nitrogen and oxygen atoms in total. The van der Waals surface area contributed by atoms with Crippen molar-refractivity contribution in [3.63, 3.8) is 0 Å². The summed E-state index contributed by atoms with van der Waals surface area (Å²) in [5.74, 6) is 0.0454. The Morgan fingerprint density at radius 1 is 1.33 bits per heavy atom. The number of benzene rings is 1. The predicted molar refractivity (Wildman–Crippen MR) is 79.1 cm³/mol. The summed E-state index contributed by atoms with van der Waals surface area (Å²) in [6.07, 6.45) is -0.240. The van der Waals surface area contributed by atoms with Crippen molar-refractivity contribution in [2.24, 2.45) is 5.92 Å². The van der Waals surface area contributed by atoms with E-state index in [9.17, 15) is 9.18 Å². The van der Waals surface area contributed by atoms with Crippen molar-refractivity contribution in [2.75, 3.05) is 13.7 Å². The van der Waals surface area contributed by atoms with E-state index < -0.39 is 0 Å². The van der Waals surface area contributed by atoms with Gasteiger partial charge in [0.05, 0.1) is 18.7 Å². The van der Waals surface area contributed by atoms with Gasteiger partial charge in [-0.15, -0.1) is 0 Å². The van der Waals surface area contributed by atoms with Gasteiger partial charge in [0.15, 0.2) is 0 Å². The first-order chi connectivity index (χ1) is 9.95. The van der Waals surface area contributed by atoms with Crippen LogP contribution in [0.15, 0.2) is 24.3 Å². The van der Waals surface area contributed by atoms with Crippen LogP contribution in [0.1, 0.15) is 32.5 Å². The van der Waals surface area contributed by atoms with Crippen molar-refractivity contribution in [1.29, 1.82) is 0 Å². The monoisotopic (exact) mass is 294 g/mol. The van der Waals surface area contributed by atoms with E-state index in [0.29, 0.717) is 6.61 Å². The molecule has 0 radical (unpaired) electrons. The third kappa shape index (κ3) is 3.24. The van der Waals surface area contributed by atoms with E-state index in [2.05, 4.69) is 19.2 Å². The summed E-state index contributed by atoms with van der Waals surface area (Å²) in [4.78, 5) is 14.3. The second-order valence-corrected chi connectivity index (χ2v) is 5.85. The van der Waals surface area contributed by atoms with E-state index in [0.717, 1.165) is 5.56 Å². The van der Waals surface area contributed by atoms with Gasteiger partial charge in [-0.25, -0.2) is 4.39 Å². The molecule has 21 heavy (non-hydrogen) atoms. The Morgan fingerprint density at radius 3 is 2.48 bits per heavy atom. The van der Waals surface area contributed by atoms with Gasteiger partial charge in [0.2, 0.25) is 5.91 Å². The van der Waals surface area contributed by atoms with Gasteiger partial charge in [-0.3, -0.25) is 10.1 Å². The summed E-state index contributed by atoms with van der Waals surface area (Å²) >= 11 is 0. The van der Waals surface area contributed by atoms with E-state index in [1.165, 1.54) is 12.1 Å². The fourth-order valence-electron chi connectivity index (χ4n) is 2.76. The Kier molecular flexibility index (Phi) is 4.96. The van der Waals surface area contributed by atoms with Crippen LogP contribution in [0, 0.1) is 11.7 Å². The maximum atomic E-state index is 13.1. The number of hydrogen-bond acceptors (Lipinski definition) is 3. The first kappa shape index (κ1) is 15.9. The molecule has 0 aliphatic carbocycles. The predicted octanol–water partition coefficient (Wildman–Crippen LogP) is 2.32. The lowest BCUT2D eigenvalue weighted by Gasteiger charge is -2.35. The third-order valence-electron chi connectivity index (χ3n) is 3.96. The van der Waals surface area contributed by atoms with Crippen molar-refractivity contribution in [2.45, 2.75) is 39.0 Å². The first-order valence-corrected chi connectivity index (χ1v) is 7.28. The molecule has 1 amide bonds. The second-order valence-electron chi connectivity index (χ2n) is 5.85. The van der Waals surface area contributed by atoms with Crippen LogP contribution in [-0.4, -0.2) is 36.6 Å². The molecule has 3 atom stereocenters. The number of carbonyl (C=O) groups excluding carboxylic acids is 1. The average molecular weight is 294 g/mol. The summed E-state index contributed by atoms with van der Waals surface area (Å²) in [7, 11) is 1.64. The number of nitrogens with zero attached hydrogens (tertiary/aromatic N) is 1. The van der Waals surface area contributed by atoms with Crippen molar-refractivity contribution in [3.8, 4) is 0 Å². The van der Waals surface area contributed by atoms with Crippen LogP contribution in [0.5, 0.6) is 0 Å². The summed E-state index contributed by atoms with van der Waals surface area (Å²) in [5, 5.41) is 3.28. The zero-order valence-electron chi connectivity index (χ0n) is 13.0. The highest BCUT2D eigenvalue weighted by molar-refractivity contribution is 5.84. The Balaban J connectivity index is 2.33. The molecule has 0 bridgehead atoms. The minimum absolute atomic E-state index is 0.0185. The summed E-state index contributed by atoms with van der Waals surface area (Å²) in [6.45, 7) is 6.47. The van der Waals surface area contributed by atoms with Crippen molar-refractivity contribution < 1.29 is 13.9 Å². The molecule has 0 aromatic heterocycles. The molecule has 116 valence electrons. The van der Waals surface area contributed by atoms with Gasteiger partial charge in [-0.1, -0.05) is 26.0 Å². The van der Waals surface area contributed by atoms with Gasteiger partial charge in [0, 0.05) is 7.11 Å². The smallest absolute Gasteiger partial charge is 0.241 e. The van der Waals surface area contributed by atoms with Gasteiger partial charge in [-0.05, 0) is 30.5 Å². The van der Waals surface area contributed by atoms with E-state index in [1.54, 1.807) is 19.2 Å². The van der Waals surface area contributed by atoms with Crippen molar-refractivity contribution >= 4 is 5.91 Å². The molecular formula is C16H23FN2O2. The molecule has 0 spiro atoms. The van der Waals surface area contributed by atoms with Crippen LogP contribution in [-0.2, 0) is 9.53 Å². The summed E-state index contributed by atoms with van der Waals surface area (Å²) < 4.78 is 18.4. The molecule has 1 N–H and O–H groups in total. The number of halogens is 1. The number of amides is 1. The Labute approximate surface area is 125 Å². The zero-order chi connectivity index (χ0) is 15.6. The van der Waals surface area contributed by atoms with Crippen LogP contribution in [0.3, 0.4) is 0 Å². The lowest BCUT2D eigenvalue weighted by atomic mass is 10.0. The van der Waals surface area contributed by atoms with Crippen LogP contribution in [0.25, 0.3) is 0 Å². The highest BCUT2D eigenvalue weighted by Gasteiger charge is 2.42. The quantitative estimate of drug-likeness (QED) is 0.906. The highest BCUT2D eigenvalue weighted by atomic mass is 19.1. The summed E-state index contributed by atoms with van der Waals surface area (Å²) in [6, 6.07) is 6.01. The number of hydrogen-bond donors (Lipinski definition) is 1. The fourth-order valence-corrected chi connectivity index (χ4v) is 2.76. The van der Waals surface area contributed by atoms with Crippen LogP contribution in [0.4, 0.5) is 4.39 Å². The van der Waals surface area contributed by atoms with E-state index >= 15 is 0 Å². The number of rotatable bonds is 5. The molecule has 1 aliphatic heterocycles. The van der Waals surface area contributed by atoms with Gasteiger partial charge in [0.25, 0.3) is 0 Å². The molecule has 1 fully saturated rings. The van der Waals surface area contributed by atoms with Gasteiger partial charge < -0.3 is 9.64 Å². The number of ether oxygens (including phenoxy) is 1. The van der Waals surface area contributed by atoms with Gasteiger partial charge in [-0.2, -0.15) is 0 Å². The minimum atomic E-state index is -0.278. The average Bonchev–Trinajstić information content (AvgIpc) is 2.73. The zero-order valence-corrected chi connectivity index (χ0v) is 13.0.